The zero-order valence-corrected chi connectivity index (χ0v) is 25.6. The van der Waals surface area contributed by atoms with Gasteiger partial charge in [-0.3, -0.25) is 9.59 Å². The van der Waals surface area contributed by atoms with Gasteiger partial charge in [-0.15, -0.1) is 0 Å². The zero-order valence-electron chi connectivity index (χ0n) is 25.6. The summed E-state index contributed by atoms with van der Waals surface area (Å²) < 4.78 is 14.1. The first kappa shape index (κ1) is 27.7. The summed E-state index contributed by atoms with van der Waals surface area (Å²) in [5.74, 6) is 2.04. The van der Waals surface area contributed by atoms with E-state index in [0.717, 1.165) is 30.9 Å². The molecular formula is C33H45N4O5+. The molecule has 0 aromatic heterocycles. The van der Waals surface area contributed by atoms with Crippen LogP contribution < -0.4 is 20.1 Å². The number of piperidine rings is 1. The molecule has 7 rings (SSSR count). The predicted octanol–water partition coefficient (Wildman–Crippen LogP) is 3.61. The Balaban J connectivity index is 1.15. The van der Waals surface area contributed by atoms with Crippen LogP contribution in [0, 0.1) is 11.3 Å². The Labute approximate surface area is 248 Å². The number of carbonyl (C=O) groups is 3. The Morgan fingerprint density at radius 3 is 2.76 bits per heavy atom. The van der Waals surface area contributed by atoms with E-state index in [1.54, 1.807) is 14.0 Å². The molecule has 3 bridgehead atoms. The summed E-state index contributed by atoms with van der Waals surface area (Å²) in [6.07, 6.45) is 6.64. The number of amides is 3. The molecule has 2 saturated heterocycles. The molecule has 3 heterocycles. The molecule has 226 valence electrons. The minimum Gasteiger partial charge on any atom is -0.481 e. The second kappa shape index (κ2) is 9.21. The van der Waals surface area contributed by atoms with Crippen LogP contribution in [0.1, 0.15) is 76.3 Å². The molecule has 2 saturated carbocycles. The Kier molecular flexibility index (Phi) is 6.09. The molecule has 8 atom stereocenters. The monoisotopic (exact) mass is 577 g/mol. The largest absolute Gasteiger partial charge is 0.481 e. The highest BCUT2D eigenvalue weighted by molar-refractivity contribution is 5.86. The van der Waals surface area contributed by atoms with Crippen LogP contribution >= 0.6 is 0 Å². The van der Waals surface area contributed by atoms with Crippen molar-refractivity contribution in [3.63, 3.8) is 0 Å². The lowest BCUT2D eigenvalue weighted by atomic mass is 9.45. The van der Waals surface area contributed by atoms with Crippen LogP contribution in [0.4, 0.5) is 4.79 Å². The Bertz CT molecular complexity index is 1390. The molecule has 9 nitrogen and oxygen atoms in total. The number of quaternary nitrogens is 1. The van der Waals surface area contributed by atoms with E-state index >= 15 is 0 Å². The van der Waals surface area contributed by atoms with Gasteiger partial charge in [0.25, 0.3) is 0 Å². The molecular weight excluding hydrogens is 532 g/mol. The summed E-state index contributed by atoms with van der Waals surface area (Å²) in [5.41, 5.74) is 3.85. The molecule has 1 aromatic rings. The fourth-order valence-corrected chi connectivity index (χ4v) is 10.1. The molecule has 6 aliphatic rings. The quantitative estimate of drug-likeness (QED) is 0.364. The first-order chi connectivity index (χ1) is 19.9. The lowest BCUT2D eigenvalue weighted by Gasteiger charge is -2.65. The fraction of sp³-hybridized carbons (Fsp3) is 0.667. The van der Waals surface area contributed by atoms with Crippen molar-refractivity contribution in [2.75, 3.05) is 33.7 Å². The standard InChI is InChI=1S/C33H44N4O5/c1-18-11-12-32(4)26-15-23-22-9-10-25(41-31(40)36(5)14-13-34-30(39)19(2)35-20(3)38)28-27(22)33(32,29(18)42-28)16-24(23)37(26,6)17-21-7-8-21/h9-10,19,21,23-24,26,29H,1,7-8,11-17H2,2-6H3,(H-,34,35,38,39)/p+1/t19-,23?,24+,26+,29-,32-,33-,37?/m0/s1. The highest BCUT2D eigenvalue weighted by Gasteiger charge is 2.79. The number of benzene rings is 1. The molecule has 3 amide bonds. The van der Waals surface area contributed by atoms with Gasteiger partial charge in [0, 0.05) is 62.7 Å². The summed E-state index contributed by atoms with van der Waals surface area (Å²) in [6.45, 7) is 11.9. The van der Waals surface area contributed by atoms with Gasteiger partial charge in [-0.05, 0) is 49.8 Å². The molecule has 9 heteroatoms. The van der Waals surface area contributed by atoms with Gasteiger partial charge in [0.1, 0.15) is 12.1 Å². The zero-order chi connectivity index (χ0) is 29.8. The van der Waals surface area contributed by atoms with E-state index in [0.29, 0.717) is 23.8 Å². The number of ether oxygens (including phenoxy) is 2. The molecule has 2 unspecified atom stereocenters. The number of hydrogen-bond acceptors (Lipinski definition) is 5. The third-order valence-electron chi connectivity index (χ3n) is 12.1. The summed E-state index contributed by atoms with van der Waals surface area (Å²) in [4.78, 5) is 38.1. The number of rotatable bonds is 8. The van der Waals surface area contributed by atoms with E-state index in [-0.39, 0.29) is 41.8 Å². The molecule has 0 radical (unpaired) electrons. The van der Waals surface area contributed by atoms with Crippen molar-refractivity contribution < 1.29 is 28.3 Å². The third-order valence-corrected chi connectivity index (χ3v) is 12.1. The van der Waals surface area contributed by atoms with Crippen molar-refractivity contribution in [2.45, 2.75) is 94.9 Å². The van der Waals surface area contributed by atoms with Gasteiger partial charge in [0.15, 0.2) is 11.5 Å². The number of nitrogens with one attached hydrogen (secondary N) is 2. The topological polar surface area (TPSA) is 97.0 Å². The second-order valence-electron chi connectivity index (χ2n) is 14.5. The van der Waals surface area contributed by atoms with E-state index in [4.69, 9.17) is 9.47 Å². The van der Waals surface area contributed by atoms with E-state index in [1.807, 2.05) is 6.07 Å². The van der Waals surface area contributed by atoms with Crippen LogP contribution in [0.3, 0.4) is 0 Å². The van der Waals surface area contributed by atoms with E-state index in [9.17, 15) is 14.4 Å². The second-order valence-corrected chi connectivity index (χ2v) is 14.5. The maximum absolute atomic E-state index is 13.2. The van der Waals surface area contributed by atoms with Crippen LogP contribution in [0.2, 0.25) is 0 Å². The summed E-state index contributed by atoms with van der Waals surface area (Å²) in [6, 6.07) is 4.72. The van der Waals surface area contributed by atoms with Gasteiger partial charge in [0.2, 0.25) is 11.8 Å². The van der Waals surface area contributed by atoms with Gasteiger partial charge in [-0.25, -0.2) is 4.79 Å². The van der Waals surface area contributed by atoms with Crippen LogP contribution in [0.5, 0.6) is 11.5 Å². The molecule has 3 aliphatic carbocycles. The van der Waals surface area contributed by atoms with E-state index in [1.165, 1.54) is 58.8 Å². The average molecular weight is 578 g/mol. The van der Waals surface area contributed by atoms with Gasteiger partial charge in [-0.2, -0.15) is 0 Å². The molecule has 2 N–H and O–H groups in total. The maximum atomic E-state index is 13.2. The van der Waals surface area contributed by atoms with Crippen molar-refractivity contribution >= 4 is 17.9 Å². The first-order valence-corrected chi connectivity index (χ1v) is 15.7. The van der Waals surface area contributed by atoms with Crippen LogP contribution in [-0.2, 0) is 15.0 Å². The van der Waals surface area contributed by atoms with E-state index in [2.05, 4.69) is 37.3 Å². The molecule has 42 heavy (non-hydrogen) atoms. The molecule has 4 fully saturated rings. The van der Waals surface area contributed by atoms with Crippen molar-refractivity contribution in [1.82, 2.24) is 15.5 Å². The minimum absolute atomic E-state index is 0.0814. The molecule has 3 aliphatic heterocycles. The predicted molar refractivity (Wildman–Crippen MR) is 157 cm³/mol. The Hall–Kier alpha value is -3.07. The van der Waals surface area contributed by atoms with Crippen molar-refractivity contribution in [3.8, 4) is 11.5 Å². The van der Waals surface area contributed by atoms with Crippen LogP contribution in [0.15, 0.2) is 24.3 Å². The number of nitrogens with zero attached hydrogens (tertiary/aromatic N) is 2. The van der Waals surface area contributed by atoms with E-state index < -0.39 is 12.1 Å². The summed E-state index contributed by atoms with van der Waals surface area (Å²) >= 11 is 0. The smallest absolute Gasteiger partial charge is 0.415 e. The highest BCUT2D eigenvalue weighted by atomic mass is 16.6. The van der Waals surface area contributed by atoms with Crippen molar-refractivity contribution in [3.05, 3.63) is 35.4 Å². The number of fused-ring (bicyclic) bond motifs is 3. The lowest BCUT2D eigenvalue weighted by molar-refractivity contribution is -0.961. The minimum atomic E-state index is -0.643. The maximum Gasteiger partial charge on any atom is 0.415 e. The number of hydrogen-bond donors (Lipinski definition) is 2. The molecule has 1 spiro atoms. The Morgan fingerprint density at radius 2 is 2.05 bits per heavy atom. The third kappa shape index (κ3) is 3.67. The van der Waals surface area contributed by atoms with Gasteiger partial charge >= 0.3 is 6.09 Å². The van der Waals surface area contributed by atoms with Crippen molar-refractivity contribution in [1.29, 1.82) is 0 Å². The SMILES string of the molecule is C=C1CC[C@@]2(C)[C@H]3CC4c5ccc(OC(=O)N(C)CCNC(=O)[C@H](C)NC(C)=O)c6c5[C@@]2(C[C@H]4[N+]3(C)CC2CC2)[C@H]1O6. The van der Waals surface area contributed by atoms with Crippen LogP contribution in [-0.4, -0.2) is 85.2 Å². The normalized spacial score (nSPS) is 37.0. The molecule has 1 aromatic carbocycles. The van der Waals surface area contributed by atoms with Gasteiger partial charge < -0.3 is 29.5 Å². The van der Waals surface area contributed by atoms with Crippen molar-refractivity contribution in [2.24, 2.45) is 11.3 Å². The van der Waals surface area contributed by atoms with Gasteiger partial charge in [-0.1, -0.05) is 19.6 Å². The highest BCUT2D eigenvalue weighted by Crippen LogP contribution is 2.76. The average Bonchev–Trinajstić information content (AvgIpc) is 3.63. The van der Waals surface area contributed by atoms with Gasteiger partial charge in [0.05, 0.1) is 31.1 Å². The number of carbonyl (C=O) groups excluding carboxylic acids is 3. The summed E-state index contributed by atoms with van der Waals surface area (Å²) in [5, 5.41) is 5.32. The summed E-state index contributed by atoms with van der Waals surface area (Å²) in [7, 11) is 4.21. The Morgan fingerprint density at radius 1 is 1.29 bits per heavy atom. The fourth-order valence-electron chi connectivity index (χ4n) is 10.1. The first-order valence-electron chi connectivity index (χ1n) is 15.7. The number of likely N-dealkylation sites (N-methyl/N-ethyl adjacent to an activating group) is 2. The van der Waals surface area contributed by atoms with Crippen LogP contribution in [0.25, 0.3) is 0 Å². The lowest BCUT2D eigenvalue weighted by Crippen LogP contribution is -2.74.